The molecule has 2 aromatic rings. The summed E-state index contributed by atoms with van der Waals surface area (Å²) in [7, 11) is 1.27. The summed E-state index contributed by atoms with van der Waals surface area (Å²) >= 11 is 0. The van der Waals surface area contributed by atoms with Crippen molar-refractivity contribution < 1.29 is 28.3 Å². The van der Waals surface area contributed by atoms with Crippen LogP contribution in [-0.4, -0.2) is 43.1 Å². The fourth-order valence-electron chi connectivity index (χ4n) is 3.04. The molecular weight excluding hydrogens is 364 g/mol. The first-order valence-corrected chi connectivity index (χ1v) is 9.00. The van der Waals surface area contributed by atoms with Crippen molar-refractivity contribution in [1.29, 1.82) is 0 Å². The molecule has 0 spiro atoms. The minimum absolute atomic E-state index is 0.134. The second-order valence-electron chi connectivity index (χ2n) is 6.41. The Labute approximate surface area is 162 Å². The van der Waals surface area contributed by atoms with Crippen LogP contribution in [0.1, 0.15) is 29.0 Å². The minimum Gasteiger partial charge on any atom is -0.465 e. The number of esters is 2. The number of hydrogen-bond donors (Lipinski definition) is 1. The zero-order valence-corrected chi connectivity index (χ0v) is 15.6. The number of carbonyl (C=O) groups is 3. The van der Waals surface area contributed by atoms with Crippen LogP contribution in [0.4, 0.5) is 10.5 Å². The Kier molecular flexibility index (Phi) is 6.31. The zero-order chi connectivity index (χ0) is 19.9. The second kappa shape index (κ2) is 9.07. The van der Waals surface area contributed by atoms with Gasteiger partial charge in [0.25, 0.3) is 0 Å². The number of benzene rings is 1. The van der Waals surface area contributed by atoms with E-state index in [-0.39, 0.29) is 35.8 Å². The standard InChI is InChI=1S/C20H22N2O6/c1-26-19(24)16-9-12-27-17(16)13-28-18(23)14-7-10-22(11-8-14)20(25)21-15-5-3-2-4-6-15/h2-6,9,12,14H,7-8,10-11,13H2,1H3,(H,21,25). The van der Waals surface area contributed by atoms with Crippen LogP contribution in [0, 0.1) is 5.92 Å². The molecule has 3 rings (SSSR count). The zero-order valence-electron chi connectivity index (χ0n) is 15.6. The Bertz CT molecular complexity index is 824. The quantitative estimate of drug-likeness (QED) is 0.793. The molecule has 0 atom stereocenters. The van der Waals surface area contributed by atoms with Crippen LogP contribution in [0.15, 0.2) is 47.1 Å². The van der Waals surface area contributed by atoms with Crippen molar-refractivity contribution in [3.05, 3.63) is 54.0 Å². The van der Waals surface area contributed by atoms with E-state index in [9.17, 15) is 14.4 Å². The number of rotatable bonds is 5. The topological polar surface area (TPSA) is 98.1 Å². The summed E-state index contributed by atoms with van der Waals surface area (Å²) < 4.78 is 15.1. The van der Waals surface area contributed by atoms with E-state index in [1.54, 1.807) is 4.90 Å². The van der Waals surface area contributed by atoms with E-state index in [1.165, 1.54) is 19.4 Å². The highest BCUT2D eigenvalue weighted by molar-refractivity contribution is 5.90. The Morgan fingerprint density at radius 3 is 2.54 bits per heavy atom. The second-order valence-corrected chi connectivity index (χ2v) is 6.41. The van der Waals surface area contributed by atoms with Crippen molar-refractivity contribution in [2.75, 3.05) is 25.5 Å². The summed E-state index contributed by atoms with van der Waals surface area (Å²) in [5.74, 6) is -0.954. The van der Waals surface area contributed by atoms with Crippen molar-refractivity contribution in [2.24, 2.45) is 5.92 Å². The van der Waals surface area contributed by atoms with Crippen LogP contribution in [0.2, 0.25) is 0 Å². The van der Waals surface area contributed by atoms with Crippen LogP contribution in [0.3, 0.4) is 0 Å². The highest BCUT2D eigenvalue weighted by Crippen LogP contribution is 2.21. The number of likely N-dealkylation sites (tertiary alicyclic amines) is 1. The molecule has 1 N–H and O–H groups in total. The van der Waals surface area contributed by atoms with E-state index >= 15 is 0 Å². The van der Waals surface area contributed by atoms with Crippen LogP contribution in [0.25, 0.3) is 0 Å². The van der Waals surface area contributed by atoms with Crippen LogP contribution >= 0.6 is 0 Å². The highest BCUT2D eigenvalue weighted by atomic mass is 16.5. The molecule has 8 nitrogen and oxygen atoms in total. The molecule has 1 aliphatic heterocycles. The number of nitrogens with zero attached hydrogens (tertiary/aromatic N) is 1. The molecule has 1 aromatic heterocycles. The lowest BCUT2D eigenvalue weighted by Gasteiger charge is -2.30. The third-order valence-electron chi connectivity index (χ3n) is 4.64. The number of amides is 2. The number of furan rings is 1. The lowest BCUT2D eigenvalue weighted by atomic mass is 9.97. The Morgan fingerprint density at radius 1 is 1.14 bits per heavy atom. The van der Waals surface area contributed by atoms with Gasteiger partial charge in [-0.05, 0) is 31.0 Å². The van der Waals surface area contributed by atoms with E-state index in [1.807, 2.05) is 30.3 Å². The molecule has 0 bridgehead atoms. The molecule has 0 saturated carbocycles. The summed E-state index contributed by atoms with van der Waals surface area (Å²) in [4.78, 5) is 37.9. The number of methoxy groups -OCH3 is 1. The van der Waals surface area contributed by atoms with Crippen LogP contribution < -0.4 is 5.32 Å². The van der Waals surface area contributed by atoms with Crippen LogP contribution in [-0.2, 0) is 20.9 Å². The molecule has 2 heterocycles. The van der Waals surface area contributed by atoms with Gasteiger partial charge >= 0.3 is 18.0 Å². The molecule has 2 amide bonds. The number of urea groups is 1. The lowest BCUT2D eigenvalue weighted by Crippen LogP contribution is -2.42. The van der Waals surface area contributed by atoms with Gasteiger partial charge in [-0.3, -0.25) is 4.79 Å². The third kappa shape index (κ3) is 4.70. The molecule has 0 aliphatic carbocycles. The number of para-hydroxylation sites is 1. The average molecular weight is 386 g/mol. The first-order chi connectivity index (χ1) is 13.6. The molecule has 148 valence electrons. The van der Waals surface area contributed by atoms with Gasteiger partial charge in [0.1, 0.15) is 12.2 Å². The largest absolute Gasteiger partial charge is 0.465 e. The number of hydrogen-bond acceptors (Lipinski definition) is 6. The number of nitrogens with one attached hydrogen (secondary N) is 1. The Hall–Kier alpha value is -3.29. The molecule has 0 radical (unpaired) electrons. The number of piperidine rings is 1. The molecular formula is C20H22N2O6. The van der Waals surface area contributed by atoms with Gasteiger partial charge in [-0.15, -0.1) is 0 Å². The number of carbonyl (C=O) groups excluding carboxylic acids is 3. The average Bonchev–Trinajstić information content (AvgIpc) is 3.21. The fourth-order valence-corrected chi connectivity index (χ4v) is 3.04. The summed E-state index contributed by atoms with van der Waals surface area (Å²) in [5.41, 5.74) is 0.969. The first kappa shape index (κ1) is 19.5. The van der Waals surface area contributed by atoms with Gasteiger partial charge < -0.3 is 24.1 Å². The Morgan fingerprint density at radius 2 is 1.86 bits per heavy atom. The lowest BCUT2D eigenvalue weighted by molar-refractivity contribution is -0.151. The molecule has 0 unspecified atom stereocenters. The third-order valence-corrected chi connectivity index (χ3v) is 4.64. The summed E-state index contributed by atoms with van der Waals surface area (Å²) in [6.07, 6.45) is 2.38. The smallest absolute Gasteiger partial charge is 0.341 e. The van der Waals surface area contributed by atoms with E-state index in [4.69, 9.17) is 9.15 Å². The van der Waals surface area contributed by atoms with Crippen molar-refractivity contribution in [3.63, 3.8) is 0 Å². The SMILES string of the molecule is COC(=O)c1ccoc1COC(=O)C1CCN(C(=O)Nc2ccccc2)CC1. The summed E-state index contributed by atoms with van der Waals surface area (Å²) in [6.45, 7) is 0.796. The van der Waals surface area contributed by atoms with E-state index < -0.39 is 5.97 Å². The van der Waals surface area contributed by atoms with Gasteiger partial charge in [-0.2, -0.15) is 0 Å². The Balaban J connectivity index is 1.46. The molecule has 1 aliphatic rings. The molecule has 1 aromatic carbocycles. The van der Waals surface area contributed by atoms with Gasteiger partial charge in [0.05, 0.1) is 19.3 Å². The van der Waals surface area contributed by atoms with Crippen LogP contribution in [0.5, 0.6) is 0 Å². The maximum atomic E-state index is 12.3. The number of anilines is 1. The molecule has 28 heavy (non-hydrogen) atoms. The van der Waals surface area contributed by atoms with E-state index in [0.29, 0.717) is 25.9 Å². The van der Waals surface area contributed by atoms with Crippen molar-refractivity contribution >= 4 is 23.7 Å². The molecule has 8 heteroatoms. The maximum absolute atomic E-state index is 12.3. The number of ether oxygens (including phenoxy) is 2. The summed E-state index contributed by atoms with van der Waals surface area (Å²) in [5, 5.41) is 2.84. The highest BCUT2D eigenvalue weighted by Gasteiger charge is 2.29. The van der Waals surface area contributed by atoms with Gasteiger partial charge in [-0.1, -0.05) is 18.2 Å². The van der Waals surface area contributed by atoms with Gasteiger partial charge in [0.15, 0.2) is 5.76 Å². The van der Waals surface area contributed by atoms with Crippen molar-refractivity contribution in [3.8, 4) is 0 Å². The van der Waals surface area contributed by atoms with E-state index in [0.717, 1.165) is 5.69 Å². The van der Waals surface area contributed by atoms with Gasteiger partial charge in [0.2, 0.25) is 0 Å². The molecule has 1 saturated heterocycles. The predicted octanol–water partition coefficient (Wildman–Crippen LogP) is 3.05. The summed E-state index contributed by atoms with van der Waals surface area (Å²) in [6, 6.07) is 10.5. The minimum atomic E-state index is -0.544. The molecule has 1 fully saturated rings. The van der Waals surface area contributed by atoms with Gasteiger partial charge in [0, 0.05) is 18.8 Å². The maximum Gasteiger partial charge on any atom is 0.341 e. The predicted molar refractivity (Wildman–Crippen MR) is 99.6 cm³/mol. The first-order valence-electron chi connectivity index (χ1n) is 9.00. The normalized spacial score (nSPS) is 14.4. The van der Waals surface area contributed by atoms with E-state index in [2.05, 4.69) is 10.1 Å². The van der Waals surface area contributed by atoms with Crippen molar-refractivity contribution in [2.45, 2.75) is 19.4 Å². The fraction of sp³-hybridized carbons (Fsp3) is 0.350. The van der Waals surface area contributed by atoms with Gasteiger partial charge in [-0.25, -0.2) is 9.59 Å². The van der Waals surface area contributed by atoms with Crippen molar-refractivity contribution in [1.82, 2.24) is 4.90 Å². The monoisotopic (exact) mass is 386 g/mol.